The van der Waals surface area contributed by atoms with Gasteiger partial charge >= 0.3 is 0 Å². The van der Waals surface area contributed by atoms with Gasteiger partial charge in [0.25, 0.3) is 17.6 Å². The average Bonchev–Trinajstić information content (AvgIpc) is 3.23. The van der Waals surface area contributed by atoms with Crippen LogP contribution >= 0.6 is 23.2 Å². The first-order valence-electron chi connectivity index (χ1n) is 14.5. The second-order valence-corrected chi connectivity index (χ2v) is 13.2. The van der Waals surface area contributed by atoms with Crippen molar-refractivity contribution in [2.24, 2.45) is 27.9 Å². The summed E-state index contributed by atoms with van der Waals surface area (Å²) in [5, 5.41) is 6.16. The number of methoxy groups -OCH3 is 1. The van der Waals surface area contributed by atoms with Crippen LogP contribution in [0.4, 0.5) is 0 Å². The zero-order chi connectivity index (χ0) is 31.4. The highest BCUT2D eigenvalue weighted by molar-refractivity contribution is 6.47. The van der Waals surface area contributed by atoms with Gasteiger partial charge in [0.05, 0.1) is 6.04 Å². The molecule has 1 atom stereocenters. The first kappa shape index (κ1) is 32.7. The number of ether oxygens (including phenoxy) is 1. The smallest absolute Gasteiger partial charge is 0.284 e. The highest BCUT2D eigenvalue weighted by Gasteiger charge is 2.52. The van der Waals surface area contributed by atoms with Gasteiger partial charge in [-0.05, 0) is 79.3 Å². The number of hydrogen-bond donors (Lipinski definition) is 5. The lowest BCUT2D eigenvalue weighted by Gasteiger charge is -2.47. The number of carbonyl (C=O) groups excluding carboxylic acids is 2. The molecule has 10 nitrogen and oxygen atoms in total. The molecule has 7 N–H and O–H groups in total. The van der Waals surface area contributed by atoms with Gasteiger partial charge in [-0.2, -0.15) is 10.6 Å². The molecule has 1 fully saturated rings. The standard InChI is InChI=1S/C31H41Cl2N7O3/c1-30(2,3)22-9-12-31(13-10-22)37-27(21-15-23(32)17-24(33)16-21)29(42)40(31)25(11-14-43-4)19-5-7-20(8-6-19)28(41)36-18-26(34)38-39-35/h5-8,15-17,22,25,39H,9-14,18,35H2,1-4H3,(H2,34,38)(H,36,41)/p+1. The fourth-order valence-corrected chi connectivity index (χ4v) is 6.69. The number of rotatable bonds is 10. The summed E-state index contributed by atoms with van der Waals surface area (Å²) in [5.41, 5.74) is 9.74. The van der Waals surface area contributed by atoms with Crippen molar-refractivity contribution in [2.75, 3.05) is 20.3 Å². The zero-order valence-corrected chi connectivity index (χ0v) is 26.7. The van der Waals surface area contributed by atoms with E-state index in [1.807, 2.05) is 17.0 Å². The highest BCUT2D eigenvalue weighted by Crippen LogP contribution is 2.49. The minimum atomic E-state index is -0.713. The molecule has 2 aromatic rings. The lowest BCUT2D eigenvalue weighted by molar-refractivity contribution is -0.530. The van der Waals surface area contributed by atoms with Crippen LogP contribution in [0.3, 0.4) is 0 Å². The van der Waals surface area contributed by atoms with Crippen LogP contribution in [0.2, 0.25) is 10.0 Å². The molecule has 2 amide bonds. The van der Waals surface area contributed by atoms with Gasteiger partial charge in [-0.3, -0.25) is 20.3 Å². The summed E-state index contributed by atoms with van der Waals surface area (Å²) in [7, 11) is 1.65. The maximum Gasteiger partial charge on any atom is 0.284 e. The Bertz CT molecular complexity index is 1360. The van der Waals surface area contributed by atoms with Gasteiger partial charge in [-0.25, -0.2) is 5.84 Å². The topological polar surface area (TPSA) is 149 Å². The lowest BCUT2D eigenvalue weighted by Crippen LogP contribution is -2.88. The number of nitrogens with two attached hydrogens (primary N) is 2. The zero-order valence-electron chi connectivity index (χ0n) is 25.2. The molecule has 1 saturated carbocycles. The number of carbonyl (C=O) groups is 2. The van der Waals surface area contributed by atoms with Gasteiger partial charge in [0, 0.05) is 34.9 Å². The molecule has 0 bridgehead atoms. The van der Waals surface area contributed by atoms with Crippen LogP contribution in [0.15, 0.2) is 47.5 Å². The molecule has 232 valence electrons. The summed E-state index contributed by atoms with van der Waals surface area (Å²) < 4.78 is 5.50. The SMILES string of the molecule is COCCC(c1ccc(C(=O)NCC(N)=[NH+]NN)cc1)N1C(=O)C(c2cc(Cl)cc(Cl)c2)=NC12CCC(C(C)(C)C)CC2. The summed E-state index contributed by atoms with van der Waals surface area (Å²) in [4.78, 5) is 34.3. The molecule has 12 heteroatoms. The van der Waals surface area contributed by atoms with Crippen molar-refractivity contribution in [3.63, 3.8) is 0 Å². The highest BCUT2D eigenvalue weighted by atomic mass is 35.5. The fraction of sp³-hybridized carbons (Fsp3) is 0.484. The fourth-order valence-electron chi connectivity index (χ4n) is 6.17. The normalized spacial score (nSPS) is 21.6. The number of nitrogens with zero attached hydrogens (tertiary/aromatic N) is 2. The average molecular weight is 632 g/mol. The first-order chi connectivity index (χ1) is 20.4. The quantitative estimate of drug-likeness (QED) is 0.118. The third-order valence-corrected chi connectivity index (χ3v) is 8.91. The molecule has 1 unspecified atom stereocenters. The van der Waals surface area contributed by atoms with Crippen LogP contribution in [-0.4, -0.2) is 54.2 Å². The van der Waals surface area contributed by atoms with Crippen molar-refractivity contribution >= 4 is 46.6 Å². The van der Waals surface area contributed by atoms with E-state index in [4.69, 9.17) is 44.5 Å². The molecule has 1 aliphatic heterocycles. The summed E-state index contributed by atoms with van der Waals surface area (Å²) in [5.74, 6) is 5.52. The number of nitrogens with one attached hydrogen (secondary N) is 3. The van der Waals surface area contributed by atoms with Gasteiger partial charge in [0.15, 0.2) is 0 Å². The molecule has 0 aromatic heterocycles. The largest absolute Gasteiger partial charge is 0.385 e. The second-order valence-electron chi connectivity index (χ2n) is 12.3. The number of benzene rings is 2. The van der Waals surface area contributed by atoms with E-state index < -0.39 is 5.66 Å². The number of hydrazone groups is 1. The van der Waals surface area contributed by atoms with Gasteiger partial charge in [0.2, 0.25) is 0 Å². The third-order valence-electron chi connectivity index (χ3n) is 8.47. The molecular formula is C31H42Cl2N7O3+. The van der Waals surface area contributed by atoms with E-state index in [1.165, 1.54) is 0 Å². The van der Waals surface area contributed by atoms with Crippen LogP contribution in [0.5, 0.6) is 0 Å². The number of halogens is 2. The summed E-state index contributed by atoms with van der Waals surface area (Å²) in [6.45, 7) is 7.34. The van der Waals surface area contributed by atoms with E-state index in [-0.39, 0.29) is 35.7 Å². The van der Waals surface area contributed by atoms with Crippen molar-refractivity contribution in [3.05, 3.63) is 69.2 Å². The summed E-state index contributed by atoms with van der Waals surface area (Å²) in [6, 6.07) is 12.1. The molecule has 43 heavy (non-hydrogen) atoms. The van der Waals surface area contributed by atoms with Crippen LogP contribution in [-0.2, 0) is 9.53 Å². The van der Waals surface area contributed by atoms with E-state index in [0.29, 0.717) is 45.8 Å². The van der Waals surface area contributed by atoms with Crippen LogP contribution < -0.4 is 27.5 Å². The van der Waals surface area contributed by atoms with Crippen molar-refractivity contribution in [2.45, 2.75) is 64.6 Å². The van der Waals surface area contributed by atoms with Crippen LogP contribution in [0, 0.1) is 11.3 Å². The molecular weight excluding hydrogens is 589 g/mol. The Morgan fingerprint density at radius 2 is 1.79 bits per heavy atom. The number of aliphatic imine (C=N–C) groups is 1. The van der Waals surface area contributed by atoms with Crippen molar-refractivity contribution in [1.82, 2.24) is 15.8 Å². The maximum atomic E-state index is 14.4. The van der Waals surface area contributed by atoms with E-state index in [2.05, 4.69) is 36.7 Å². The maximum absolute atomic E-state index is 14.4. The van der Waals surface area contributed by atoms with Crippen molar-refractivity contribution < 1.29 is 19.4 Å². The number of amidine groups is 1. The molecule has 0 radical (unpaired) electrons. The Morgan fingerprint density at radius 3 is 2.35 bits per heavy atom. The third kappa shape index (κ3) is 7.49. The van der Waals surface area contributed by atoms with Crippen LogP contribution in [0.1, 0.15) is 80.4 Å². The molecule has 1 heterocycles. The second kappa shape index (κ2) is 13.6. The molecule has 4 rings (SSSR count). The molecule has 1 aliphatic carbocycles. The Balaban J connectivity index is 1.70. The molecule has 2 aliphatic rings. The van der Waals surface area contributed by atoms with Crippen LogP contribution in [0.25, 0.3) is 0 Å². The minimum Gasteiger partial charge on any atom is -0.385 e. The van der Waals surface area contributed by atoms with Gasteiger partial charge in [-0.1, -0.05) is 56.1 Å². The Morgan fingerprint density at radius 1 is 1.16 bits per heavy atom. The number of hydrogen-bond acceptors (Lipinski definition) is 6. The molecule has 1 spiro atoms. The summed E-state index contributed by atoms with van der Waals surface area (Å²) >= 11 is 12.7. The predicted molar refractivity (Wildman–Crippen MR) is 169 cm³/mol. The predicted octanol–water partition coefficient (Wildman–Crippen LogP) is 2.88. The van der Waals surface area contributed by atoms with Gasteiger partial charge < -0.3 is 15.0 Å². The monoisotopic (exact) mass is 630 g/mol. The van der Waals surface area contributed by atoms with E-state index in [1.54, 1.807) is 37.4 Å². The van der Waals surface area contributed by atoms with E-state index in [0.717, 1.165) is 31.2 Å². The van der Waals surface area contributed by atoms with Crippen molar-refractivity contribution in [1.29, 1.82) is 0 Å². The number of amides is 2. The minimum absolute atomic E-state index is 0.0925. The molecule has 2 aromatic carbocycles. The molecule has 0 saturated heterocycles. The van der Waals surface area contributed by atoms with E-state index >= 15 is 0 Å². The van der Waals surface area contributed by atoms with E-state index in [9.17, 15) is 9.59 Å². The Labute approximate surface area is 263 Å². The Hall–Kier alpha value is -3.18. The summed E-state index contributed by atoms with van der Waals surface area (Å²) in [6.07, 6.45) is 3.94. The lowest BCUT2D eigenvalue weighted by atomic mass is 9.69. The van der Waals surface area contributed by atoms with Gasteiger partial charge in [0.1, 0.15) is 17.9 Å². The first-order valence-corrected chi connectivity index (χ1v) is 15.2. The Kier molecular flexibility index (Phi) is 10.4. The van der Waals surface area contributed by atoms with Crippen molar-refractivity contribution in [3.8, 4) is 0 Å². The number of hydrazine groups is 2. The van der Waals surface area contributed by atoms with Gasteiger partial charge in [-0.15, -0.1) is 0 Å².